The second-order valence-corrected chi connectivity index (χ2v) is 8.46. The Hall–Kier alpha value is -3.23. The maximum absolute atomic E-state index is 13.2. The molecule has 4 rings (SSSR count). The molecular weight excluding hydrogens is 434 g/mol. The molecular formula is C26H33N3O5. The molecule has 8 heteroatoms. The Labute approximate surface area is 200 Å². The second kappa shape index (κ2) is 10.4. The molecule has 3 aromatic rings. The van der Waals surface area contributed by atoms with Crippen molar-refractivity contribution in [3.63, 3.8) is 0 Å². The third-order valence-corrected chi connectivity index (χ3v) is 6.56. The molecule has 2 heterocycles. The van der Waals surface area contributed by atoms with Crippen LogP contribution in [0.2, 0.25) is 0 Å². The number of piperazine rings is 1. The summed E-state index contributed by atoms with van der Waals surface area (Å²) in [5, 5.41) is 0.904. The van der Waals surface area contributed by atoms with Crippen LogP contribution in [0.15, 0.2) is 36.4 Å². The SMILES string of the molecule is COC(=O)c1c(-c2ccc(OC)cc2)c2cc(OC)c(OC)cc2n1CCN1CCN(C)CC1. The van der Waals surface area contributed by atoms with Crippen molar-refractivity contribution in [1.29, 1.82) is 0 Å². The van der Waals surface area contributed by atoms with Crippen molar-refractivity contribution in [3.05, 3.63) is 42.1 Å². The summed E-state index contributed by atoms with van der Waals surface area (Å²) in [6.45, 7) is 5.57. The summed E-state index contributed by atoms with van der Waals surface area (Å²) in [6.07, 6.45) is 0. The van der Waals surface area contributed by atoms with Crippen LogP contribution in [0.4, 0.5) is 0 Å². The van der Waals surface area contributed by atoms with Crippen molar-refractivity contribution in [3.8, 4) is 28.4 Å². The van der Waals surface area contributed by atoms with Crippen LogP contribution in [-0.2, 0) is 11.3 Å². The first-order chi connectivity index (χ1) is 16.5. The highest BCUT2D eigenvalue weighted by atomic mass is 16.5. The zero-order chi connectivity index (χ0) is 24.2. The Morgan fingerprint density at radius 1 is 0.853 bits per heavy atom. The van der Waals surface area contributed by atoms with Crippen LogP contribution in [0, 0.1) is 0 Å². The van der Waals surface area contributed by atoms with Crippen LogP contribution < -0.4 is 14.2 Å². The number of methoxy groups -OCH3 is 4. The maximum Gasteiger partial charge on any atom is 0.355 e. The van der Waals surface area contributed by atoms with Crippen LogP contribution in [0.3, 0.4) is 0 Å². The van der Waals surface area contributed by atoms with E-state index < -0.39 is 0 Å². The summed E-state index contributed by atoms with van der Waals surface area (Å²) < 4.78 is 23.8. The lowest BCUT2D eigenvalue weighted by atomic mass is 10.0. The van der Waals surface area contributed by atoms with E-state index in [1.54, 1.807) is 21.3 Å². The van der Waals surface area contributed by atoms with Gasteiger partial charge in [0.05, 0.1) is 34.0 Å². The van der Waals surface area contributed by atoms with Gasteiger partial charge in [-0.3, -0.25) is 4.90 Å². The minimum Gasteiger partial charge on any atom is -0.497 e. The molecule has 0 amide bonds. The topological polar surface area (TPSA) is 65.4 Å². The average molecular weight is 468 g/mol. The van der Waals surface area contributed by atoms with Gasteiger partial charge in [0.2, 0.25) is 0 Å². The molecule has 1 saturated heterocycles. The highest BCUT2D eigenvalue weighted by Crippen LogP contribution is 2.41. The lowest BCUT2D eigenvalue weighted by Gasteiger charge is -2.32. The second-order valence-electron chi connectivity index (χ2n) is 8.46. The molecule has 0 spiro atoms. The van der Waals surface area contributed by atoms with Gasteiger partial charge < -0.3 is 28.4 Å². The lowest BCUT2D eigenvalue weighted by molar-refractivity contribution is 0.0588. The molecule has 1 aliphatic heterocycles. The van der Waals surface area contributed by atoms with Gasteiger partial charge in [0.25, 0.3) is 0 Å². The van der Waals surface area contributed by atoms with Crippen LogP contribution in [0.1, 0.15) is 10.5 Å². The molecule has 1 aromatic heterocycles. The number of hydrogen-bond donors (Lipinski definition) is 0. The summed E-state index contributed by atoms with van der Waals surface area (Å²) in [4.78, 5) is 17.9. The molecule has 0 radical (unpaired) electrons. The molecule has 34 heavy (non-hydrogen) atoms. The fraction of sp³-hybridized carbons (Fsp3) is 0.423. The third-order valence-electron chi connectivity index (χ3n) is 6.56. The maximum atomic E-state index is 13.2. The molecule has 0 atom stereocenters. The minimum absolute atomic E-state index is 0.377. The Kier molecular flexibility index (Phi) is 7.29. The van der Waals surface area contributed by atoms with E-state index in [0.717, 1.165) is 60.5 Å². The Morgan fingerprint density at radius 3 is 2.09 bits per heavy atom. The summed E-state index contributed by atoms with van der Waals surface area (Å²) >= 11 is 0. The number of esters is 1. The molecule has 0 saturated carbocycles. The first kappa shape index (κ1) is 23.9. The molecule has 1 fully saturated rings. The van der Waals surface area contributed by atoms with Crippen LogP contribution in [0.25, 0.3) is 22.0 Å². The number of ether oxygens (including phenoxy) is 4. The van der Waals surface area contributed by atoms with Gasteiger partial charge >= 0.3 is 5.97 Å². The predicted octanol–water partition coefficient (Wildman–Crippen LogP) is 3.37. The van der Waals surface area contributed by atoms with E-state index in [4.69, 9.17) is 18.9 Å². The van der Waals surface area contributed by atoms with E-state index >= 15 is 0 Å². The quantitative estimate of drug-likeness (QED) is 0.471. The monoisotopic (exact) mass is 467 g/mol. The van der Waals surface area contributed by atoms with Gasteiger partial charge in [-0.15, -0.1) is 0 Å². The number of fused-ring (bicyclic) bond motifs is 1. The molecule has 0 bridgehead atoms. The summed E-state index contributed by atoms with van der Waals surface area (Å²) in [5.74, 6) is 1.60. The van der Waals surface area contributed by atoms with E-state index in [0.29, 0.717) is 23.7 Å². The van der Waals surface area contributed by atoms with Crippen molar-refractivity contribution in [2.75, 3.05) is 68.2 Å². The van der Waals surface area contributed by atoms with Crippen LogP contribution in [0.5, 0.6) is 17.2 Å². The van der Waals surface area contributed by atoms with Crippen molar-refractivity contribution in [2.45, 2.75) is 6.54 Å². The number of carbonyl (C=O) groups is 1. The number of aromatic nitrogens is 1. The fourth-order valence-corrected chi connectivity index (χ4v) is 4.58. The van der Waals surface area contributed by atoms with Gasteiger partial charge in [0.1, 0.15) is 11.4 Å². The number of rotatable bonds is 8. The normalized spacial score (nSPS) is 14.9. The predicted molar refractivity (Wildman–Crippen MR) is 132 cm³/mol. The van der Waals surface area contributed by atoms with Gasteiger partial charge in [-0.05, 0) is 30.8 Å². The smallest absolute Gasteiger partial charge is 0.355 e. The minimum atomic E-state index is -0.377. The van der Waals surface area contributed by atoms with Crippen molar-refractivity contribution >= 4 is 16.9 Å². The molecule has 8 nitrogen and oxygen atoms in total. The molecule has 0 aliphatic carbocycles. The Balaban J connectivity index is 1.89. The van der Waals surface area contributed by atoms with E-state index in [1.165, 1.54) is 7.11 Å². The van der Waals surface area contributed by atoms with E-state index in [1.807, 2.05) is 36.4 Å². The number of nitrogens with zero attached hydrogens (tertiary/aromatic N) is 3. The first-order valence-corrected chi connectivity index (χ1v) is 11.4. The summed E-state index contributed by atoms with van der Waals surface area (Å²) in [7, 11) is 8.43. The van der Waals surface area contributed by atoms with Crippen LogP contribution in [-0.4, -0.2) is 88.5 Å². The largest absolute Gasteiger partial charge is 0.497 e. The highest BCUT2D eigenvalue weighted by molar-refractivity contribution is 6.09. The van der Waals surface area contributed by atoms with E-state index in [9.17, 15) is 4.79 Å². The van der Waals surface area contributed by atoms with Gasteiger partial charge in [-0.2, -0.15) is 0 Å². The van der Waals surface area contributed by atoms with Gasteiger partial charge in [-0.1, -0.05) is 12.1 Å². The summed E-state index contributed by atoms with van der Waals surface area (Å²) in [6, 6.07) is 11.6. The Morgan fingerprint density at radius 2 is 1.50 bits per heavy atom. The number of benzene rings is 2. The molecule has 1 aliphatic rings. The third kappa shape index (κ3) is 4.56. The molecule has 182 valence electrons. The number of carbonyl (C=O) groups excluding carboxylic acids is 1. The summed E-state index contributed by atoms with van der Waals surface area (Å²) in [5.41, 5.74) is 3.13. The van der Waals surface area contributed by atoms with Crippen molar-refractivity contribution in [1.82, 2.24) is 14.4 Å². The standard InChI is InChI=1S/C26H33N3O5/c1-27-10-12-28(13-11-27)14-15-29-21-17-23(33-4)22(32-3)16-20(21)24(25(29)26(30)34-5)18-6-8-19(31-2)9-7-18/h6-9,16-17H,10-15H2,1-5H3. The van der Waals surface area contributed by atoms with E-state index in [-0.39, 0.29) is 5.97 Å². The number of hydrogen-bond acceptors (Lipinski definition) is 7. The Bertz CT molecular complexity index is 1150. The lowest BCUT2D eigenvalue weighted by Crippen LogP contribution is -2.45. The van der Waals surface area contributed by atoms with Crippen molar-refractivity contribution in [2.24, 2.45) is 0 Å². The highest BCUT2D eigenvalue weighted by Gasteiger charge is 2.27. The van der Waals surface area contributed by atoms with Crippen molar-refractivity contribution < 1.29 is 23.7 Å². The molecule has 0 N–H and O–H groups in total. The van der Waals surface area contributed by atoms with Gasteiger partial charge in [-0.25, -0.2) is 4.79 Å². The van der Waals surface area contributed by atoms with Crippen LogP contribution >= 0.6 is 0 Å². The van der Waals surface area contributed by atoms with Gasteiger partial charge in [0, 0.05) is 56.3 Å². The average Bonchev–Trinajstić information content (AvgIpc) is 3.20. The first-order valence-electron chi connectivity index (χ1n) is 11.4. The molecule has 2 aromatic carbocycles. The molecule has 0 unspecified atom stereocenters. The number of likely N-dealkylation sites (N-methyl/N-ethyl adjacent to an activating group) is 1. The van der Waals surface area contributed by atoms with E-state index in [2.05, 4.69) is 21.4 Å². The zero-order valence-corrected chi connectivity index (χ0v) is 20.6. The fourth-order valence-electron chi connectivity index (χ4n) is 4.58. The van der Waals surface area contributed by atoms with Gasteiger partial charge in [0.15, 0.2) is 11.5 Å². The zero-order valence-electron chi connectivity index (χ0n) is 20.6.